The van der Waals surface area contributed by atoms with Crippen LogP contribution < -0.4 is 5.32 Å². The molecule has 0 radical (unpaired) electrons. The van der Waals surface area contributed by atoms with Gasteiger partial charge < -0.3 is 0 Å². The molecule has 1 amide bonds. The number of nitrogens with zero attached hydrogens (tertiary/aromatic N) is 3. The minimum atomic E-state index is -0.255. The predicted molar refractivity (Wildman–Crippen MR) is 68.7 cm³/mol. The lowest BCUT2D eigenvalue weighted by Crippen LogP contribution is -2.13. The molecule has 2 heterocycles. The molecule has 0 saturated heterocycles. The highest BCUT2D eigenvalue weighted by molar-refractivity contribution is 7.15. The zero-order valence-corrected chi connectivity index (χ0v) is 10.5. The molecule has 0 spiro atoms. The summed E-state index contributed by atoms with van der Waals surface area (Å²) < 4.78 is 0. The number of hydrogen-bond donors (Lipinski definition) is 1. The molecule has 6 heteroatoms. The van der Waals surface area contributed by atoms with Gasteiger partial charge in [-0.15, -0.1) is 11.3 Å². The van der Waals surface area contributed by atoms with Crippen molar-refractivity contribution in [3.8, 4) is 0 Å². The van der Waals surface area contributed by atoms with Gasteiger partial charge in [0, 0.05) is 17.3 Å². The molecule has 1 aliphatic rings. The number of amides is 1. The van der Waals surface area contributed by atoms with Gasteiger partial charge in [-0.2, -0.15) is 0 Å². The molecule has 0 atom stereocenters. The van der Waals surface area contributed by atoms with Crippen LogP contribution in [0.3, 0.4) is 0 Å². The van der Waals surface area contributed by atoms with E-state index >= 15 is 0 Å². The summed E-state index contributed by atoms with van der Waals surface area (Å²) in [6, 6.07) is 0. The SMILES string of the molecule is O=C(Nc1nc2c(s1)CCCC2)c1cnccn1. The van der Waals surface area contributed by atoms with Gasteiger partial charge in [-0.25, -0.2) is 9.97 Å². The summed E-state index contributed by atoms with van der Waals surface area (Å²) in [5.41, 5.74) is 1.45. The first-order valence-corrected chi connectivity index (χ1v) is 6.70. The van der Waals surface area contributed by atoms with Gasteiger partial charge in [0.2, 0.25) is 0 Å². The Morgan fingerprint density at radius 2 is 2.17 bits per heavy atom. The van der Waals surface area contributed by atoms with Crippen molar-refractivity contribution in [1.82, 2.24) is 15.0 Å². The fourth-order valence-electron chi connectivity index (χ4n) is 1.98. The Kier molecular flexibility index (Phi) is 3.02. The molecule has 1 N–H and O–H groups in total. The van der Waals surface area contributed by atoms with Crippen LogP contribution in [0, 0.1) is 0 Å². The normalized spacial score (nSPS) is 14.0. The number of carbonyl (C=O) groups is 1. The van der Waals surface area contributed by atoms with Crippen LogP contribution >= 0.6 is 11.3 Å². The van der Waals surface area contributed by atoms with E-state index in [4.69, 9.17) is 0 Å². The fraction of sp³-hybridized carbons (Fsp3) is 0.333. The molecule has 0 fully saturated rings. The summed E-state index contributed by atoms with van der Waals surface area (Å²) in [7, 11) is 0. The highest BCUT2D eigenvalue weighted by atomic mass is 32.1. The van der Waals surface area contributed by atoms with E-state index in [2.05, 4.69) is 20.3 Å². The van der Waals surface area contributed by atoms with E-state index in [-0.39, 0.29) is 5.91 Å². The van der Waals surface area contributed by atoms with Gasteiger partial charge in [0.05, 0.1) is 11.9 Å². The smallest absolute Gasteiger partial charge is 0.277 e. The first-order chi connectivity index (χ1) is 8.83. The molecular formula is C12H12N4OS. The largest absolute Gasteiger partial charge is 0.296 e. The van der Waals surface area contributed by atoms with E-state index in [9.17, 15) is 4.79 Å². The van der Waals surface area contributed by atoms with Crippen LogP contribution in [0.2, 0.25) is 0 Å². The Morgan fingerprint density at radius 1 is 1.28 bits per heavy atom. The number of fused-ring (bicyclic) bond motifs is 1. The number of rotatable bonds is 2. The Balaban J connectivity index is 1.77. The average Bonchev–Trinajstić information content (AvgIpc) is 2.82. The number of aryl methyl sites for hydroxylation is 2. The van der Waals surface area contributed by atoms with Gasteiger partial charge in [-0.1, -0.05) is 0 Å². The first-order valence-electron chi connectivity index (χ1n) is 5.89. The number of hydrogen-bond acceptors (Lipinski definition) is 5. The minimum absolute atomic E-state index is 0.255. The van der Waals surface area contributed by atoms with Gasteiger partial charge in [0.25, 0.3) is 5.91 Å². The molecule has 0 aromatic carbocycles. The number of nitrogens with one attached hydrogen (secondary N) is 1. The number of aromatic nitrogens is 3. The second kappa shape index (κ2) is 4.81. The number of anilines is 1. The standard InChI is InChI=1S/C12H12N4OS/c17-11(9-7-13-5-6-14-9)16-12-15-8-3-1-2-4-10(8)18-12/h5-7H,1-4H2,(H,15,16,17). The van der Waals surface area contributed by atoms with Crippen molar-refractivity contribution in [2.75, 3.05) is 5.32 Å². The highest BCUT2D eigenvalue weighted by Crippen LogP contribution is 2.29. The summed E-state index contributed by atoms with van der Waals surface area (Å²) in [5.74, 6) is -0.255. The Morgan fingerprint density at radius 3 is 2.94 bits per heavy atom. The third kappa shape index (κ3) is 2.24. The molecule has 18 heavy (non-hydrogen) atoms. The van der Waals surface area contributed by atoms with Crippen molar-refractivity contribution < 1.29 is 4.79 Å². The molecule has 0 aliphatic heterocycles. The van der Waals surface area contributed by atoms with Crippen molar-refractivity contribution in [2.24, 2.45) is 0 Å². The van der Waals surface area contributed by atoms with Gasteiger partial charge in [0.15, 0.2) is 5.13 Å². The van der Waals surface area contributed by atoms with Crippen LogP contribution in [0.15, 0.2) is 18.6 Å². The number of carbonyl (C=O) groups excluding carboxylic acids is 1. The van der Waals surface area contributed by atoms with E-state index < -0.39 is 0 Å². The third-order valence-corrected chi connectivity index (χ3v) is 3.93. The van der Waals surface area contributed by atoms with Gasteiger partial charge in [0.1, 0.15) is 5.69 Å². The summed E-state index contributed by atoms with van der Waals surface area (Å²) in [6.45, 7) is 0. The zero-order chi connectivity index (χ0) is 12.4. The van der Waals surface area contributed by atoms with Crippen molar-refractivity contribution in [1.29, 1.82) is 0 Å². The lowest BCUT2D eigenvalue weighted by molar-refractivity contribution is 0.102. The van der Waals surface area contributed by atoms with Crippen LogP contribution in [0.4, 0.5) is 5.13 Å². The second-order valence-electron chi connectivity index (χ2n) is 4.14. The molecule has 0 unspecified atom stereocenters. The lowest BCUT2D eigenvalue weighted by atomic mass is 10.0. The van der Waals surface area contributed by atoms with E-state index in [1.807, 2.05) is 0 Å². The minimum Gasteiger partial charge on any atom is -0.296 e. The second-order valence-corrected chi connectivity index (χ2v) is 5.22. The van der Waals surface area contributed by atoms with Crippen molar-refractivity contribution in [2.45, 2.75) is 25.7 Å². The van der Waals surface area contributed by atoms with Gasteiger partial charge in [-0.05, 0) is 25.7 Å². The average molecular weight is 260 g/mol. The summed E-state index contributed by atoms with van der Waals surface area (Å²) >= 11 is 1.57. The third-order valence-electron chi connectivity index (χ3n) is 2.86. The van der Waals surface area contributed by atoms with Crippen LogP contribution in [-0.2, 0) is 12.8 Å². The molecule has 3 rings (SSSR count). The predicted octanol–water partition coefficient (Wildman–Crippen LogP) is 2.06. The Hall–Kier alpha value is -1.82. The van der Waals surface area contributed by atoms with Crippen LogP contribution in [0.25, 0.3) is 0 Å². The monoisotopic (exact) mass is 260 g/mol. The van der Waals surface area contributed by atoms with Crippen molar-refractivity contribution in [3.63, 3.8) is 0 Å². The maximum absolute atomic E-state index is 11.9. The maximum atomic E-state index is 11.9. The van der Waals surface area contributed by atoms with E-state index in [1.165, 1.54) is 30.1 Å². The Labute approximate surface area is 108 Å². The molecule has 0 saturated carbocycles. The van der Waals surface area contributed by atoms with E-state index in [0.717, 1.165) is 18.5 Å². The topological polar surface area (TPSA) is 67.8 Å². The van der Waals surface area contributed by atoms with Crippen LogP contribution in [0.1, 0.15) is 33.9 Å². The Bertz CT molecular complexity index is 543. The molecule has 5 nitrogen and oxygen atoms in total. The molecular weight excluding hydrogens is 248 g/mol. The molecule has 92 valence electrons. The summed E-state index contributed by atoms with van der Waals surface area (Å²) in [6.07, 6.45) is 8.99. The van der Waals surface area contributed by atoms with Crippen molar-refractivity contribution >= 4 is 22.4 Å². The molecule has 0 bridgehead atoms. The quantitative estimate of drug-likeness (QED) is 0.897. The summed E-state index contributed by atoms with van der Waals surface area (Å²) in [4.78, 5) is 25.5. The summed E-state index contributed by atoms with van der Waals surface area (Å²) in [5, 5.41) is 3.45. The zero-order valence-electron chi connectivity index (χ0n) is 9.72. The highest BCUT2D eigenvalue weighted by Gasteiger charge is 2.17. The van der Waals surface area contributed by atoms with Crippen LogP contribution in [0.5, 0.6) is 0 Å². The fourth-order valence-corrected chi connectivity index (χ4v) is 3.03. The molecule has 2 aromatic rings. The molecule has 1 aliphatic carbocycles. The van der Waals surface area contributed by atoms with Gasteiger partial charge >= 0.3 is 0 Å². The molecule has 2 aromatic heterocycles. The van der Waals surface area contributed by atoms with E-state index in [0.29, 0.717) is 10.8 Å². The maximum Gasteiger partial charge on any atom is 0.277 e. The van der Waals surface area contributed by atoms with E-state index in [1.54, 1.807) is 17.5 Å². The number of thiazole rings is 1. The van der Waals surface area contributed by atoms with Crippen LogP contribution in [-0.4, -0.2) is 20.9 Å². The van der Waals surface area contributed by atoms with Gasteiger partial charge in [-0.3, -0.25) is 15.1 Å². The van der Waals surface area contributed by atoms with Crippen molar-refractivity contribution in [3.05, 3.63) is 34.9 Å². The lowest BCUT2D eigenvalue weighted by Gasteiger charge is -2.06. The first kappa shape index (κ1) is 11.3.